The van der Waals surface area contributed by atoms with Gasteiger partial charge >= 0.3 is 0 Å². The van der Waals surface area contributed by atoms with E-state index in [-0.39, 0.29) is 0 Å². The zero-order valence-electron chi connectivity index (χ0n) is 8.83. The second-order valence-corrected chi connectivity index (χ2v) is 4.57. The van der Waals surface area contributed by atoms with E-state index in [0.29, 0.717) is 0 Å². The highest BCUT2D eigenvalue weighted by molar-refractivity contribution is 9.10. The van der Waals surface area contributed by atoms with Crippen molar-refractivity contribution in [1.29, 1.82) is 0 Å². The van der Waals surface area contributed by atoms with E-state index in [1.54, 1.807) is 0 Å². The Bertz CT molecular complexity index is 465. The van der Waals surface area contributed by atoms with Crippen molar-refractivity contribution in [1.82, 2.24) is 4.98 Å². The highest BCUT2D eigenvalue weighted by atomic mass is 79.9. The minimum absolute atomic E-state index is 1.06. The molecule has 0 saturated heterocycles. The van der Waals surface area contributed by atoms with Gasteiger partial charge in [-0.1, -0.05) is 31.5 Å². The Morgan fingerprint density at radius 3 is 2.87 bits per heavy atom. The van der Waals surface area contributed by atoms with Gasteiger partial charge in [0, 0.05) is 9.86 Å². The van der Waals surface area contributed by atoms with Crippen LogP contribution in [0.4, 0.5) is 0 Å². The molecule has 0 amide bonds. The highest BCUT2D eigenvalue weighted by Gasteiger charge is 2.03. The lowest BCUT2D eigenvalue weighted by Crippen LogP contribution is -1.92. The average molecular weight is 264 g/mol. The van der Waals surface area contributed by atoms with E-state index in [1.807, 2.05) is 12.1 Å². The summed E-state index contributed by atoms with van der Waals surface area (Å²) in [6.07, 6.45) is 3.47. The van der Waals surface area contributed by atoms with E-state index in [2.05, 4.69) is 46.0 Å². The number of halogens is 1. The van der Waals surface area contributed by atoms with Crippen LogP contribution in [-0.4, -0.2) is 4.98 Å². The van der Waals surface area contributed by atoms with Gasteiger partial charge in [0.1, 0.15) is 0 Å². The number of nitrogens with zero attached hydrogens (tertiary/aromatic N) is 1. The average Bonchev–Trinajstić information content (AvgIpc) is 2.26. The van der Waals surface area contributed by atoms with Gasteiger partial charge < -0.3 is 0 Å². The van der Waals surface area contributed by atoms with Crippen LogP contribution in [0.2, 0.25) is 0 Å². The summed E-state index contributed by atoms with van der Waals surface area (Å²) in [5.74, 6) is 0. The molecule has 15 heavy (non-hydrogen) atoms. The summed E-state index contributed by atoms with van der Waals surface area (Å²) in [4.78, 5) is 4.67. The van der Waals surface area contributed by atoms with Gasteiger partial charge in [0.25, 0.3) is 0 Å². The van der Waals surface area contributed by atoms with Crippen molar-refractivity contribution in [3.63, 3.8) is 0 Å². The standard InChI is InChI=1S/C13H14BrN/c1-2-3-7-13-11(14)9-10-6-4-5-8-12(10)15-13/h4-6,8-9H,2-3,7H2,1H3. The molecule has 0 fully saturated rings. The minimum Gasteiger partial charge on any atom is -0.252 e. The van der Waals surface area contributed by atoms with E-state index >= 15 is 0 Å². The minimum atomic E-state index is 1.06. The maximum Gasteiger partial charge on any atom is 0.0706 e. The number of para-hydroxylation sites is 1. The van der Waals surface area contributed by atoms with Crippen LogP contribution in [0.25, 0.3) is 10.9 Å². The summed E-state index contributed by atoms with van der Waals surface area (Å²) >= 11 is 3.59. The van der Waals surface area contributed by atoms with Gasteiger partial charge in [0.15, 0.2) is 0 Å². The molecule has 2 heteroatoms. The Kier molecular flexibility index (Phi) is 3.37. The van der Waals surface area contributed by atoms with Crippen LogP contribution in [0.15, 0.2) is 34.8 Å². The molecule has 0 aliphatic rings. The number of unbranched alkanes of at least 4 members (excludes halogenated alkanes) is 1. The molecule has 0 aliphatic heterocycles. The largest absolute Gasteiger partial charge is 0.252 e. The monoisotopic (exact) mass is 263 g/mol. The van der Waals surface area contributed by atoms with Gasteiger partial charge in [-0.15, -0.1) is 0 Å². The Balaban J connectivity index is 2.43. The van der Waals surface area contributed by atoms with E-state index < -0.39 is 0 Å². The number of aryl methyl sites for hydroxylation is 1. The van der Waals surface area contributed by atoms with E-state index in [4.69, 9.17) is 0 Å². The molecule has 1 heterocycles. The van der Waals surface area contributed by atoms with E-state index in [1.165, 1.54) is 23.9 Å². The van der Waals surface area contributed by atoms with Crippen molar-refractivity contribution in [2.24, 2.45) is 0 Å². The highest BCUT2D eigenvalue weighted by Crippen LogP contribution is 2.22. The lowest BCUT2D eigenvalue weighted by molar-refractivity contribution is 0.777. The third kappa shape index (κ3) is 2.37. The molecule has 0 aliphatic carbocycles. The molecule has 78 valence electrons. The number of hydrogen-bond acceptors (Lipinski definition) is 1. The second-order valence-electron chi connectivity index (χ2n) is 3.71. The van der Waals surface area contributed by atoms with Crippen LogP contribution in [-0.2, 0) is 6.42 Å². The fourth-order valence-electron chi connectivity index (χ4n) is 1.65. The van der Waals surface area contributed by atoms with Gasteiger partial charge in [-0.3, -0.25) is 4.98 Å². The number of aromatic nitrogens is 1. The maximum absolute atomic E-state index is 4.67. The first kappa shape index (κ1) is 10.6. The molecule has 1 aromatic heterocycles. The third-order valence-corrected chi connectivity index (χ3v) is 3.20. The van der Waals surface area contributed by atoms with Crippen LogP contribution >= 0.6 is 15.9 Å². The topological polar surface area (TPSA) is 12.9 Å². The Morgan fingerprint density at radius 2 is 2.07 bits per heavy atom. The SMILES string of the molecule is CCCCc1nc2ccccc2cc1Br. The molecule has 0 radical (unpaired) electrons. The van der Waals surface area contributed by atoms with Gasteiger partial charge in [-0.25, -0.2) is 0 Å². The first-order valence-electron chi connectivity index (χ1n) is 5.35. The van der Waals surface area contributed by atoms with Crippen molar-refractivity contribution in [2.45, 2.75) is 26.2 Å². The van der Waals surface area contributed by atoms with Gasteiger partial charge in [0.2, 0.25) is 0 Å². The predicted octanol–water partition coefficient (Wildman–Crippen LogP) is 4.34. The summed E-state index contributed by atoms with van der Waals surface area (Å²) in [6, 6.07) is 10.4. The maximum atomic E-state index is 4.67. The Morgan fingerprint density at radius 1 is 1.27 bits per heavy atom. The Hall–Kier alpha value is -0.890. The van der Waals surface area contributed by atoms with Gasteiger partial charge in [0.05, 0.1) is 11.2 Å². The van der Waals surface area contributed by atoms with Crippen LogP contribution in [0.1, 0.15) is 25.5 Å². The summed E-state index contributed by atoms with van der Waals surface area (Å²) in [5, 5.41) is 1.20. The van der Waals surface area contributed by atoms with Crippen LogP contribution < -0.4 is 0 Å². The molecule has 0 atom stereocenters. The molecule has 2 rings (SSSR count). The molecule has 1 nitrogen and oxygen atoms in total. The molecule has 0 spiro atoms. The lowest BCUT2D eigenvalue weighted by Gasteiger charge is -2.05. The summed E-state index contributed by atoms with van der Waals surface area (Å²) < 4.78 is 1.13. The summed E-state index contributed by atoms with van der Waals surface area (Å²) in [5.41, 5.74) is 2.27. The first-order chi connectivity index (χ1) is 7.31. The van der Waals surface area contributed by atoms with Crippen molar-refractivity contribution in [3.8, 4) is 0 Å². The van der Waals surface area contributed by atoms with Crippen molar-refractivity contribution in [3.05, 3.63) is 40.5 Å². The number of fused-ring (bicyclic) bond motifs is 1. The molecule has 1 aromatic carbocycles. The van der Waals surface area contributed by atoms with E-state index in [9.17, 15) is 0 Å². The quantitative estimate of drug-likeness (QED) is 0.803. The van der Waals surface area contributed by atoms with Crippen molar-refractivity contribution in [2.75, 3.05) is 0 Å². The number of pyridine rings is 1. The lowest BCUT2D eigenvalue weighted by atomic mass is 10.1. The number of benzene rings is 1. The molecular formula is C13H14BrN. The zero-order chi connectivity index (χ0) is 10.7. The van der Waals surface area contributed by atoms with Crippen LogP contribution in [0.5, 0.6) is 0 Å². The van der Waals surface area contributed by atoms with Gasteiger partial charge in [-0.05, 0) is 40.9 Å². The molecule has 0 saturated carbocycles. The zero-order valence-corrected chi connectivity index (χ0v) is 10.4. The molecule has 0 unspecified atom stereocenters. The van der Waals surface area contributed by atoms with Crippen LogP contribution in [0, 0.1) is 0 Å². The van der Waals surface area contributed by atoms with Gasteiger partial charge in [-0.2, -0.15) is 0 Å². The fourth-order valence-corrected chi connectivity index (χ4v) is 2.18. The summed E-state index contributed by atoms with van der Waals surface area (Å²) in [7, 11) is 0. The number of hydrogen-bond donors (Lipinski definition) is 0. The molecule has 0 bridgehead atoms. The molecule has 2 aromatic rings. The Labute approximate surface area is 98.7 Å². The van der Waals surface area contributed by atoms with Crippen LogP contribution in [0.3, 0.4) is 0 Å². The van der Waals surface area contributed by atoms with E-state index in [0.717, 1.165) is 16.4 Å². The predicted molar refractivity (Wildman–Crippen MR) is 68.1 cm³/mol. The van der Waals surface area contributed by atoms with Crippen molar-refractivity contribution >= 4 is 26.8 Å². The third-order valence-electron chi connectivity index (χ3n) is 2.52. The second kappa shape index (κ2) is 4.75. The normalized spacial score (nSPS) is 10.8. The summed E-state index contributed by atoms with van der Waals surface area (Å²) in [6.45, 7) is 2.20. The molecule has 0 N–H and O–H groups in total. The fraction of sp³-hybridized carbons (Fsp3) is 0.308. The first-order valence-corrected chi connectivity index (χ1v) is 6.14. The van der Waals surface area contributed by atoms with Crippen molar-refractivity contribution < 1.29 is 0 Å². The number of rotatable bonds is 3. The molecular weight excluding hydrogens is 250 g/mol. The smallest absolute Gasteiger partial charge is 0.0706 e.